The molecule has 0 aliphatic rings. The van der Waals surface area contributed by atoms with E-state index in [1.165, 1.54) is 18.2 Å². The molecule has 0 heterocycles. The first kappa shape index (κ1) is 10.6. The molecule has 0 aromatic heterocycles. The number of benzene rings is 1. The molecule has 0 radical (unpaired) electrons. The van der Waals surface area contributed by atoms with Crippen molar-refractivity contribution >= 4 is 0 Å². The molecule has 0 N–H and O–H groups in total. The van der Waals surface area contributed by atoms with Crippen LogP contribution in [0.15, 0.2) is 18.2 Å². The van der Waals surface area contributed by atoms with E-state index in [4.69, 9.17) is 5.26 Å². The normalized spacial score (nSPS) is 11.1. The zero-order valence-electron chi connectivity index (χ0n) is 8.14. The molecule has 0 aliphatic heterocycles. The van der Waals surface area contributed by atoms with Crippen LogP contribution in [0.4, 0.5) is 8.78 Å². The van der Waals surface area contributed by atoms with Gasteiger partial charge in [0.2, 0.25) is 0 Å². The molecule has 14 heavy (non-hydrogen) atoms. The SMILES string of the molecule is Cc1ccc(C(F)(F)CC#N)cc1C. The van der Waals surface area contributed by atoms with Crippen molar-refractivity contribution in [2.45, 2.75) is 26.2 Å². The minimum atomic E-state index is -3.03. The highest BCUT2D eigenvalue weighted by Crippen LogP contribution is 2.32. The summed E-state index contributed by atoms with van der Waals surface area (Å²) < 4.78 is 26.5. The molecule has 0 atom stereocenters. The maximum atomic E-state index is 13.2. The minimum Gasteiger partial charge on any atom is -0.200 e. The number of nitriles is 1. The quantitative estimate of drug-likeness (QED) is 0.710. The number of alkyl halides is 2. The molecule has 1 rings (SSSR count). The minimum absolute atomic E-state index is 0.0813. The summed E-state index contributed by atoms with van der Waals surface area (Å²) in [7, 11) is 0. The summed E-state index contributed by atoms with van der Waals surface area (Å²) in [6.45, 7) is 3.64. The Morgan fingerprint density at radius 1 is 1.29 bits per heavy atom. The summed E-state index contributed by atoms with van der Waals surface area (Å²) in [6.07, 6.45) is -0.768. The summed E-state index contributed by atoms with van der Waals surface area (Å²) in [5.41, 5.74) is 1.71. The van der Waals surface area contributed by atoms with Crippen LogP contribution in [0.2, 0.25) is 0 Å². The van der Waals surface area contributed by atoms with Crippen LogP contribution in [-0.2, 0) is 5.92 Å². The van der Waals surface area contributed by atoms with Crippen LogP contribution >= 0.6 is 0 Å². The Morgan fingerprint density at radius 2 is 1.93 bits per heavy atom. The lowest BCUT2D eigenvalue weighted by Gasteiger charge is -2.14. The van der Waals surface area contributed by atoms with Crippen molar-refractivity contribution in [1.29, 1.82) is 5.26 Å². The second kappa shape index (κ2) is 3.75. The third-order valence-electron chi connectivity index (χ3n) is 2.23. The van der Waals surface area contributed by atoms with E-state index >= 15 is 0 Å². The standard InChI is InChI=1S/C11H11F2N/c1-8-3-4-10(7-9(8)2)11(12,13)5-6-14/h3-4,7H,5H2,1-2H3. The van der Waals surface area contributed by atoms with E-state index in [0.717, 1.165) is 11.1 Å². The highest BCUT2D eigenvalue weighted by atomic mass is 19.3. The first-order chi connectivity index (χ1) is 6.47. The van der Waals surface area contributed by atoms with Crippen molar-refractivity contribution in [1.82, 2.24) is 0 Å². The molecule has 1 nitrogen and oxygen atoms in total. The van der Waals surface area contributed by atoms with Gasteiger partial charge < -0.3 is 0 Å². The molecule has 0 saturated heterocycles. The fourth-order valence-corrected chi connectivity index (χ4v) is 1.17. The molecule has 0 spiro atoms. The van der Waals surface area contributed by atoms with Crippen LogP contribution < -0.4 is 0 Å². The maximum absolute atomic E-state index is 13.2. The monoisotopic (exact) mass is 195 g/mol. The second-order valence-electron chi connectivity index (χ2n) is 3.34. The van der Waals surface area contributed by atoms with Gasteiger partial charge in [-0.25, -0.2) is 8.78 Å². The summed E-state index contributed by atoms with van der Waals surface area (Å²) in [5.74, 6) is -3.03. The Morgan fingerprint density at radius 3 is 2.43 bits per heavy atom. The lowest BCUT2D eigenvalue weighted by atomic mass is 10.0. The number of hydrogen-bond donors (Lipinski definition) is 0. The van der Waals surface area contributed by atoms with Gasteiger partial charge in [0, 0.05) is 5.56 Å². The molecule has 0 amide bonds. The van der Waals surface area contributed by atoms with E-state index in [2.05, 4.69) is 0 Å². The Kier molecular flexibility index (Phi) is 2.85. The number of halogens is 2. The summed E-state index contributed by atoms with van der Waals surface area (Å²) in [6, 6.07) is 5.95. The molecule has 0 saturated carbocycles. The van der Waals surface area contributed by atoms with Gasteiger partial charge in [-0.05, 0) is 31.0 Å². The van der Waals surface area contributed by atoms with E-state index in [9.17, 15) is 8.78 Å². The fourth-order valence-electron chi connectivity index (χ4n) is 1.17. The third kappa shape index (κ3) is 2.08. The van der Waals surface area contributed by atoms with Crippen LogP contribution in [0.5, 0.6) is 0 Å². The molecular weight excluding hydrogens is 184 g/mol. The molecule has 0 unspecified atom stereocenters. The van der Waals surface area contributed by atoms with Gasteiger partial charge in [-0.1, -0.05) is 12.1 Å². The van der Waals surface area contributed by atoms with Gasteiger partial charge in [0.15, 0.2) is 0 Å². The highest BCUT2D eigenvalue weighted by molar-refractivity contribution is 5.32. The molecule has 1 aromatic carbocycles. The van der Waals surface area contributed by atoms with E-state index in [0.29, 0.717) is 0 Å². The smallest absolute Gasteiger partial charge is 0.200 e. The van der Waals surface area contributed by atoms with E-state index in [-0.39, 0.29) is 5.56 Å². The molecule has 3 heteroatoms. The molecule has 0 aliphatic carbocycles. The van der Waals surface area contributed by atoms with Crippen molar-refractivity contribution in [3.8, 4) is 6.07 Å². The molecule has 0 fully saturated rings. The zero-order chi connectivity index (χ0) is 10.8. The Labute approximate surface area is 82.0 Å². The fraction of sp³-hybridized carbons (Fsp3) is 0.364. The van der Waals surface area contributed by atoms with Crippen molar-refractivity contribution in [3.05, 3.63) is 34.9 Å². The van der Waals surface area contributed by atoms with Gasteiger partial charge in [0.25, 0.3) is 5.92 Å². The Bertz CT molecular complexity index is 377. The Hall–Kier alpha value is -1.43. The van der Waals surface area contributed by atoms with Gasteiger partial charge in [-0.15, -0.1) is 0 Å². The van der Waals surface area contributed by atoms with E-state index < -0.39 is 12.3 Å². The Balaban J connectivity index is 3.09. The number of aryl methyl sites for hydroxylation is 2. The van der Waals surface area contributed by atoms with Gasteiger partial charge in [0.05, 0.1) is 6.07 Å². The van der Waals surface area contributed by atoms with Crippen molar-refractivity contribution in [3.63, 3.8) is 0 Å². The first-order valence-corrected chi connectivity index (χ1v) is 4.30. The highest BCUT2D eigenvalue weighted by Gasteiger charge is 2.31. The molecule has 0 bridgehead atoms. The van der Waals surface area contributed by atoms with Crippen LogP contribution in [0.25, 0.3) is 0 Å². The van der Waals surface area contributed by atoms with E-state index in [1.54, 1.807) is 13.0 Å². The first-order valence-electron chi connectivity index (χ1n) is 4.30. The van der Waals surface area contributed by atoms with Gasteiger partial charge in [0.1, 0.15) is 6.42 Å². The number of rotatable bonds is 2. The predicted octanol–water partition coefficient (Wildman–Crippen LogP) is 3.31. The largest absolute Gasteiger partial charge is 0.286 e. The molecule has 74 valence electrons. The lowest BCUT2D eigenvalue weighted by Crippen LogP contribution is -2.12. The van der Waals surface area contributed by atoms with Gasteiger partial charge in [-0.2, -0.15) is 5.26 Å². The zero-order valence-corrected chi connectivity index (χ0v) is 8.14. The van der Waals surface area contributed by atoms with Crippen LogP contribution in [-0.4, -0.2) is 0 Å². The number of nitrogens with zero attached hydrogens (tertiary/aromatic N) is 1. The maximum Gasteiger partial charge on any atom is 0.286 e. The van der Waals surface area contributed by atoms with Crippen LogP contribution in [0, 0.1) is 25.2 Å². The van der Waals surface area contributed by atoms with Crippen LogP contribution in [0.3, 0.4) is 0 Å². The van der Waals surface area contributed by atoms with Crippen molar-refractivity contribution in [2.75, 3.05) is 0 Å². The van der Waals surface area contributed by atoms with Crippen LogP contribution in [0.1, 0.15) is 23.1 Å². The average Bonchev–Trinajstić information content (AvgIpc) is 2.09. The molecular formula is C11H11F2N. The third-order valence-corrected chi connectivity index (χ3v) is 2.23. The predicted molar refractivity (Wildman–Crippen MR) is 50.0 cm³/mol. The van der Waals surface area contributed by atoms with Crippen molar-refractivity contribution in [2.24, 2.45) is 0 Å². The summed E-state index contributed by atoms with van der Waals surface area (Å²) in [5, 5.41) is 8.26. The topological polar surface area (TPSA) is 23.8 Å². The van der Waals surface area contributed by atoms with Crippen molar-refractivity contribution < 1.29 is 8.78 Å². The lowest BCUT2D eigenvalue weighted by molar-refractivity contribution is 0.000884. The number of hydrogen-bond acceptors (Lipinski definition) is 1. The summed E-state index contributed by atoms with van der Waals surface area (Å²) >= 11 is 0. The van der Waals surface area contributed by atoms with Gasteiger partial charge in [-0.3, -0.25) is 0 Å². The van der Waals surface area contributed by atoms with Gasteiger partial charge >= 0.3 is 0 Å². The second-order valence-corrected chi connectivity index (χ2v) is 3.34. The average molecular weight is 195 g/mol. The van der Waals surface area contributed by atoms with E-state index in [1.807, 2.05) is 6.92 Å². The molecule has 1 aromatic rings. The summed E-state index contributed by atoms with van der Waals surface area (Å²) in [4.78, 5) is 0.